The van der Waals surface area contributed by atoms with Gasteiger partial charge in [-0.2, -0.15) is 0 Å². The largest absolute Gasteiger partial charge is 0.354 e. The SMILES string of the molecule is CC[C@@H](C(=O)NCC(C)C)N(CCc1ccccc1)C(=O)CN(c1ccc(Cl)c(Cl)c1)S(C)(=O)=O. The Morgan fingerprint density at radius 3 is 2.23 bits per heavy atom. The van der Waals surface area contributed by atoms with Crippen LogP contribution in [0.4, 0.5) is 5.69 Å². The van der Waals surface area contributed by atoms with Crippen molar-refractivity contribution >= 4 is 50.7 Å². The van der Waals surface area contributed by atoms with Gasteiger partial charge in [0.25, 0.3) is 0 Å². The summed E-state index contributed by atoms with van der Waals surface area (Å²) in [4.78, 5) is 28.0. The van der Waals surface area contributed by atoms with Crippen LogP contribution in [0.1, 0.15) is 32.8 Å². The number of halogens is 2. The van der Waals surface area contributed by atoms with Crippen molar-refractivity contribution in [3.63, 3.8) is 0 Å². The normalized spacial score (nSPS) is 12.3. The number of sulfonamides is 1. The van der Waals surface area contributed by atoms with E-state index in [0.29, 0.717) is 19.4 Å². The molecule has 2 rings (SSSR count). The quantitative estimate of drug-likeness (QED) is 0.431. The van der Waals surface area contributed by atoms with Crippen molar-refractivity contribution in [2.75, 3.05) is 30.2 Å². The minimum Gasteiger partial charge on any atom is -0.354 e. The molecule has 192 valence electrons. The highest BCUT2D eigenvalue weighted by Gasteiger charge is 2.31. The number of carbonyl (C=O) groups excluding carboxylic acids is 2. The second-order valence-electron chi connectivity index (χ2n) is 8.75. The summed E-state index contributed by atoms with van der Waals surface area (Å²) < 4.78 is 26.2. The third-order valence-corrected chi connectivity index (χ3v) is 7.30. The molecule has 10 heteroatoms. The number of nitrogens with one attached hydrogen (secondary N) is 1. The summed E-state index contributed by atoms with van der Waals surface area (Å²) in [5, 5.41) is 3.34. The van der Waals surface area contributed by atoms with E-state index in [0.717, 1.165) is 16.1 Å². The standard InChI is InChI=1S/C25H33Cl2N3O4S/c1-5-23(25(32)28-16-18(2)3)29(14-13-19-9-7-6-8-10-19)24(31)17-30(35(4,33)34)20-11-12-21(26)22(27)15-20/h6-12,15,18,23H,5,13-14,16-17H2,1-4H3,(H,28,32)/t23-/m0/s1. The second kappa shape index (κ2) is 13.1. The van der Waals surface area contributed by atoms with Crippen molar-refractivity contribution in [2.45, 2.75) is 39.7 Å². The van der Waals surface area contributed by atoms with Crippen molar-refractivity contribution in [3.8, 4) is 0 Å². The summed E-state index contributed by atoms with van der Waals surface area (Å²) in [5.74, 6) is -0.493. The zero-order valence-electron chi connectivity index (χ0n) is 20.5. The van der Waals surface area contributed by atoms with Crippen molar-refractivity contribution in [1.29, 1.82) is 0 Å². The topological polar surface area (TPSA) is 86.8 Å². The molecule has 0 saturated heterocycles. The van der Waals surface area contributed by atoms with Gasteiger partial charge in [-0.3, -0.25) is 13.9 Å². The molecule has 0 fully saturated rings. The zero-order chi connectivity index (χ0) is 26.2. The molecule has 0 saturated carbocycles. The van der Waals surface area contributed by atoms with Crippen molar-refractivity contribution in [2.24, 2.45) is 5.92 Å². The first-order valence-electron chi connectivity index (χ1n) is 11.5. The van der Waals surface area contributed by atoms with Crippen LogP contribution >= 0.6 is 23.2 Å². The minimum atomic E-state index is -3.83. The van der Waals surface area contributed by atoms with Gasteiger partial charge in [0, 0.05) is 13.1 Å². The number of carbonyl (C=O) groups is 2. The fraction of sp³-hybridized carbons (Fsp3) is 0.440. The van der Waals surface area contributed by atoms with Gasteiger partial charge in [-0.05, 0) is 42.5 Å². The van der Waals surface area contributed by atoms with Gasteiger partial charge in [0.2, 0.25) is 21.8 Å². The van der Waals surface area contributed by atoms with E-state index in [1.807, 2.05) is 51.1 Å². The molecular weight excluding hydrogens is 509 g/mol. The lowest BCUT2D eigenvalue weighted by molar-refractivity contribution is -0.139. The Morgan fingerprint density at radius 1 is 1.03 bits per heavy atom. The van der Waals surface area contributed by atoms with Crippen LogP contribution in [-0.4, -0.2) is 57.1 Å². The Labute approximate surface area is 218 Å². The van der Waals surface area contributed by atoms with Crippen LogP contribution in [-0.2, 0) is 26.0 Å². The predicted octanol–water partition coefficient (Wildman–Crippen LogP) is 4.38. The molecule has 35 heavy (non-hydrogen) atoms. The lowest BCUT2D eigenvalue weighted by atomic mass is 10.1. The molecule has 1 atom stereocenters. The van der Waals surface area contributed by atoms with Gasteiger partial charge in [0.15, 0.2) is 0 Å². The number of nitrogens with zero attached hydrogens (tertiary/aromatic N) is 2. The molecule has 0 bridgehead atoms. The van der Waals surface area contributed by atoms with Gasteiger partial charge in [-0.15, -0.1) is 0 Å². The highest BCUT2D eigenvalue weighted by molar-refractivity contribution is 7.92. The van der Waals surface area contributed by atoms with Gasteiger partial charge in [-0.25, -0.2) is 8.42 Å². The maximum atomic E-state index is 13.6. The first-order valence-corrected chi connectivity index (χ1v) is 14.1. The number of benzene rings is 2. The number of amides is 2. The fourth-order valence-electron chi connectivity index (χ4n) is 3.57. The molecule has 2 amide bonds. The smallest absolute Gasteiger partial charge is 0.244 e. The summed E-state index contributed by atoms with van der Waals surface area (Å²) >= 11 is 12.1. The molecule has 2 aromatic rings. The summed E-state index contributed by atoms with van der Waals surface area (Å²) in [5.41, 5.74) is 1.22. The Hall–Kier alpha value is -2.29. The van der Waals surface area contributed by atoms with Gasteiger partial charge < -0.3 is 10.2 Å². The first-order chi connectivity index (χ1) is 16.4. The molecule has 7 nitrogen and oxygen atoms in total. The van der Waals surface area contributed by atoms with E-state index in [1.165, 1.54) is 23.1 Å². The van der Waals surface area contributed by atoms with E-state index in [9.17, 15) is 18.0 Å². The molecule has 0 aliphatic carbocycles. The van der Waals surface area contributed by atoms with Crippen molar-refractivity contribution < 1.29 is 18.0 Å². The lowest BCUT2D eigenvalue weighted by Crippen LogP contribution is -2.53. The number of rotatable bonds is 12. The van der Waals surface area contributed by atoms with Crippen LogP contribution < -0.4 is 9.62 Å². The predicted molar refractivity (Wildman–Crippen MR) is 142 cm³/mol. The molecular formula is C25H33Cl2N3O4S. The Bertz CT molecular complexity index is 1110. The molecule has 0 aromatic heterocycles. The van der Waals surface area contributed by atoms with Gasteiger partial charge in [0.1, 0.15) is 12.6 Å². The van der Waals surface area contributed by atoms with Gasteiger partial charge >= 0.3 is 0 Å². The second-order valence-corrected chi connectivity index (χ2v) is 11.5. The molecule has 0 aliphatic rings. The van der Waals surface area contributed by atoms with E-state index in [1.54, 1.807) is 0 Å². The highest BCUT2D eigenvalue weighted by Crippen LogP contribution is 2.28. The average molecular weight is 543 g/mol. The number of hydrogen-bond donors (Lipinski definition) is 1. The van der Waals surface area contributed by atoms with Crippen LogP contribution in [0.5, 0.6) is 0 Å². The summed E-state index contributed by atoms with van der Waals surface area (Å²) in [6.07, 6.45) is 1.92. The van der Waals surface area contributed by atoms with E-state index in [2.05, 4.69) is 5.32 Å². The molecule has 2 aromatic carbocycles. The van der Waals surface area contributed by atoms with Gasteiger partial charge in [-0.1, -0.05) is 74.3 Å². The van der Waals surface area contributed by atoms with Gasteiger partial charge in [0.05, 0.1) is 22.0 Å². The Morgan fingerprint density at radius 2 is 1.69 bits per heavy atom. The van der Waals surface area contributed by atoms with Crippen LogP contribution in [0.2, 0.25) is 10.0 Å². The molecule has 1 N–H and O–H groups in total. The molecule has 0 spiro atoms. The number of anilines is 1. The number of hydrogen-bond acceptors (Lipinski definition) is 4. The molecule has 0 unspecified atom stereocenters. The first kappa shape index (κ1) is 28.9. The van der Waals surface area contributed by atoms with E-state index >= 15 is 0 Å². The van der Waals surface area contributed by atoms with Crippen LogP contribution in [0.15, 0.2) is 48.5 Å². The maximum absolute atomic E-state index is 13.6. The average Bonchev–Trinajstić information content (AvgIpc) is 2.80. The third-order valence-electron chi connectivity index (χ3n) is 5.43. The zero-order valence-corrected chi connectivity index (χ0v) is 22.8. The van der Waals surface area contributed by atoms with E-state index < -0.39 is 28.5 Å². The fourth-order valence-corrected chi connectivity index (χ4v) is 4.71. The molecule has 0 aliphatic heterocycles. The Kier molecular flexibility index (Phi) is 10.9. The Balaban J connectivity index is 2.36. The highest BCUT2D eigenvalue weighted by atomic mass is 35.5. The molecule has 0 heterocycles. The molecule has 0 radical (unpaired) electrons. The van der Waals surface area contributed by atoms with Crippen LogP contribution in [0.25, 0.3) is 0 Å². The monoisotopic (exact) mass is 541 g/mol. The summed E-state index contributed by atoms with van der Waals surface area (Å²) in [7, 11) is -3.83. The summed E-state index contributed by atoms with van der Waals surface area (Å²) in [6.45, 7) is 6.07. The minimum absolute atomic E-state index is 0.172. The third kappa shape index (κ3) is 8.70. The van der Waals surface area contributed by atoms with E-state index in [-0.39, 0.29) is 34.1 Å². The van der Waals surface area contributed by atoms with Crippen molar-refractivity contribution in [3.05, 3.63) is 64.1 Å². The van der Waals surface area contributed by atoms with Crippen LogP contribution in [0.3, 0.4) is 0 Å². The van der Waals surface area contributed by atoms with Crippen LogP contribution in [0, 0.1) is 5.92 Å². The van der Waals surface area contributed by atoms with E-state index in [4.69, 9.17) is 23.2 Å². The summed E-state index contributed by atoms with van der Waals surface area (Å²) in [6, 6.07) is 13.2. The lowest BCUT2D eigenvalue weighted by Gasteiger charge is -2.33. The van der Waals surface area contributed by atoms with Crippen molar-refractivity contribution in [1.82, 2.24) is 10.2 Å². The maximum Gasteiger partial charge on any atom is 0.244 e.